The van der Waals surface area contributed by atoms with Crippen LogP contribution in [0.3, 0.4) is 0 Å². The average molecular weight is 333 g/mol. The van der Waals surface area contributed by atoms with E-state index in [0.717, 1.165) is 29.5 Å². The monoisotopic (exact) mass is 333 g/mol. The van der Waals surface area contributed by atoms with E-state index < -0.39 is 5.82 Å². The molecular formula is C18H20FNO2S. The molecule has 2 rings (SSSR count). The number of thioether (sulfide) groups is 1. The number of halogens is 1. The third kappa shape index (κ3) is 4.48. The summed E-state index contributed by atoms with van der Waals surface area (Å²) in [6.45, 7) is 4.27. The number of anilines is 1. The standard InChI is InChI=1S/C18H20FNO2S/c1-4-13-8-9-16(12(2)10-13)22-11-14-6-5-7-15(19)17(14)20-18(21)23-3/h5-10H,4,11H2,1-3H3,(H,20,21). The van der Waals surface area contributed by atoms with Crippen LogP contribution in [0.1, 0.15) is 23.6 Å². The molecule has 5 heteroatoms. The van der Waals surface area contributed by atoms with Gasteiger partial charge in [0.05, 0.1) is 5.69 Å². The third-order valence-corrected chi connectivity index (χ3v) is 4.02. The number of carbonyl (C=O) groups is 1. The summed E-state index contributed by atoms with van der Waals surface area (Å²) in [6, 6.07) is 10.7. The number of amides is 1. The Bertz CT molecular complexity index is 703. The number of ether oxygens (including phenoxy) is 1. The van der Waals surface area contributed by atoms with E-state index in [0.29, 0.717) is 5.56 Å². The Morgan fingerprint density at radius 2 is 2.09 bits per heavy atom. The van der Waals surface area contributed by atoms with Crippen LogP contribution in [0.15, 0.2) is 36.4 Å². The van der Waals surface area contributed by atoms with Crippen molar-refractivity contribution in [3.05, 3.63) is 58.9 Å². The Balaban J connectivity index is 2.17. The summed E-state index contributed by atoms with van der Waals surface area (Å²) >= 11 is 1.00. The predicted molar refractivity (Wildman–Crippen MR) is 93.8 cm³/mol. The van der Waals surface area contributed by atoms with Gasteiger partial charge in [-0.15, -0.1) is 0 Å². The molecule has 0 spiro atoms. The fraction of sp³-hybridized carbons (Fsp3) is 0.278. The molecule has 2 aromatic carbocycles. The van der Waals surface area contributed by atoms with Gasteiger partial charge in [-0.2, -0.15) is 0 Å². The number of benzene rings is 2. The molecule has 0 bridgehead atoms. The lowest BCUT2D eigenvalue weighted by Crippen LogP contribution is -2.10. The molecule has 0 radical (unpaired) electrons. The van der Waals surface area contributed by atoms with Crippen LogP contribution in [-0.2, 0) is 13.0 Å². The highest BCUT2D eigenvalue weighted by Gasteiger charge is 2.12. The number of aryl methyl sites for hydroxylation is 2. The van der Waals surface area contributed by atoms with Gasteiger partial charge >= 0.3 is 0 Å². The van der Waals surface area contributed by atoms with Gasteiger partial charge in [-0.1, -0.05) is 43.0 Å². The molecule has 0 aliphatic heterocycles. The Morgan fingerprint density at radius 3 is 2.74 bits per heavy atom. The molecule has 0 saturated heterocycles. The summed E-state index contributed by atoms with van der Waals surface area (Å²) in [6.07, 6.45) is 2.61. The highest BCUT2D eigenvalue weighted by molar-refractivity contribution is 8.13. The van der Waals surface area contributed by atoms with Crippen LogP contribution in [0.25, 0.3) is 0 Å². The van der Waals surface area contributed by atoms with E-state index in [1.54, 1.807) is 18.4 Å². The SMILES string of the molecule is CCc1ccc(OCc2cccc(F)c2NC(=O)SC)c(C)c1. The summed E-state index contributed by atoms with van der Waals surface area (Å²) in [5.41, 5.74) is 3.06. The van der Waals surface area contributed by atoms with Crippen molar-refractivity contribution in [1.29, 1.82) is 0 Å². The minimum atomic E-state index is -0.466. The molecule has 0 aliphatic carbocycles. The first-order chi connectivity index (χ1) is 11.0. The molecule has 23 heavy (non-hydrogen) atoms. The van der Waals surface area contributed by atoms with Crippen LogP contribution in [-0.4, -0.2) is 11.5 Å². The molecule has 3 nitrogen and oxygen atoms in total. The summed E-state index contributed by atoms with van der Waals surface area (Å²) in [5.74, 6) is 0.292. The molecule has 1 amide bonds. The molecule has 1 N–H and O–H groups in total. The molecule has 0 saturated carbocycles. The van der Waals surface area contributed by atoms with Crippen LogP contribution >= 0.6 is 11.8 Å². The molecule has 0 aromatic heterocycles. The van der Waals surface area contributed by atoms with Crippen LogP contribution < -0.4 is 10.1 Å². The fourth-order valence-corrected chi connectivity index (χ4v) is 2.44. The van der Waals surface area contributed by atoms with Crippen molar-refractivity contribution >= 4 is 22.7 Å². The number of para-hydroxylation sites is 1. The zero-order valence-electron chi connectivity index (χ0n) is 13.5. The van der Waals surface area contributed by atoms with Crippen LogP contribution in [0, 0.1) is 12.7 Å². The topological polar surface area (TPSA) is 38.3 Å². The van der Waals surface area contributed by atoms with E-state index in [4.69, 9.17) is 4.74 Å². The first-order valence-electron chi connectivity index (χ1n) is 7.39. The van der Waals surface area contributed by atoms with Gasteiger partial charge in [0.2, 0.25) is 0 Å². The summed E-state index contributed by atoms with van der Waals surface area (Å²) in [4.78, 5) is 11.5. The molecule has 0 heterocycles. The number of hydrogen-bond acceptors (Lipinski definition) is 3. The number of carbonyl (C=O) groups excluding carboxylic acids is 1. The van der Waals surface area contributed by atoms with E-state index >= 15 is 0 Å². The fourth-order valence-electron chi connectivity index (χ4n) is 2.23. The Hall–Kier alpha value is -2.01. The van der Waals surface area contributed by atoms with Crippen molar-refractivity contribution in [2.75, 3.05) is 11.6 Å². The molecule has 2 aromatic rings. The summed E-state index contributed by atoms with van der Waals surface area (Å²) in [7, 11) is 0. The first kappa shape index (κ1) is 17.3. The molecule has 0 fully saturated rings. The lowest BCUT2D eigenvalue weighted by molar-refractivity contribution is 0.269. The van der Waals surface area contributed by atoms with Crippen molar-refractivity contribution in [2.45, 2.75) is 26.9 Å². The number of nitrogens with one attached hydrogen (secondary N) is 1. The van der Waals surface area contributed by atoms with Gasteiger partial charge in [-0.25, -0.2) is 4.39 Å². The lowest BCUT2D eigenvalue weighted by atomic mass is 10.1. The van der Waals surface area contributed by atoms with Gasteiger partial charge in [0.25, 0.3) is 5.24 Å². The molecule has 122 valence electrons. The van der Waals surface area contributed by atoms with Gasteiger partial charge in [0.1, 0.15) is 18.2 Å². The van der Waals surface area contributed by atoms with Crippen LogP contribution in [0.5, 0.6) is 5.75 Å². The first-order valence-corrected chi connectivity index (χ1v) is 8.62. The summed E-state index contributed by atoms with van der Waals surface area (Å²) in [5, 5.41) is 2.26. The molecule has 0 atom stereocenters. The van der Waals surface area contributed by atoms with E-state index in [1.807, 2.05) is 19.1 Å². The molecule has 0 aliphatic rings. The van der Waals surface area contributed by atoms with Crippen LogP contribution in [0.2, 0.25) is 0 Å². The van der Waals surface area contributed by atoms with Gasteiger partial charge in [0.15, 0.2) is 0 Å². The Morgan fingerprint density at radius 1 is 1.30 bits per heavy atom. The van der Waals surface area contributed by atoms with Crippen molar-refractivity contribution in [1.82, 2.24) is 0 Å². The molecular weight excluding hydrogens is 313 g/mol. The minimum Gasteiger partial charge on any atom is -0.489 e. The second kappa shape index (κ2) is 8.02. The van der Waals surface area contributed by atoms with E-state index in [9.17, 15) is 9.18 Å². The van der Waals surface area contributed by atoms with Crippen molar-refractivity contribution in [2.24, 2.45) is 0 Å². The second-order valence-corrected chi connectivity index (χ2v) is 5.91. The average Bonchev–Trinajstić information content (AvgIpc) is 2.56. The van der Waals surface area contributed by atoms with E-state index in [1.165, 1.54) is 11.6 Å². The van der Waals surface area contributed by atoms with Crippen molar-refractivity contribution in [3.63, 3.8) is 0 Å². The maximum Gasteiger partial charge on any atom is 0.283 e. The quantitative estimate of drug-likeness (QED) is 0.820. The van der Waals surface area contributed by atoms with E-state index in [-0.39, 0.29) is 17.5 Å². The zero-order chi connectivity index (χ0) is 16.8. The van der Waals surface area contributed by atoms with Gasteiger partial charge in [-0.05, 0) is 42.9 Å². The van der Waals surface area contributed by atoms with Gasteiger partial charge in [-0.3, -0.25) is 4.79 Å². The smallest absolute Gasteiger partial charge is 0.283 e. The largest absolute Gasteiger partial charge is 0.489 e. The maximum absolute atomic E-state index is 14.0. The zero-order valence-corrected chi connectivity index (χ0v) is 14.3. The van der Waals surface area contributed by atoms with Crippen LogP contribution in [0.4, 0.5) is 14.9 Å². The highest BCUT2D eigenvalue weighted by atomic mass is 32.2. The lowest BCUT2D eigenvalue weighted by Gasteiger charge is -2.14. The third-order valence-electron chi connectivity index (χ3n) is 3.54. The Labute approximate surface area is 140 Å². The van der Waals surface area contributed by atoms with E-state index in [2.05, 4.69) is 18.3 Å². The predicted octanol–water partition coefficient (Wildman–Crippen LogP) is 5.17. The molecule has 0 unspecified atom stereocenters. The summed E-state index contributed by atoms with van der Waals surface area (Å²) < 4.78 is 19.8. The van der Waals surface area contributed by atoms with Crippen molar-refractivity contribution in [3.8, 4) is 5.75 Å². The van der Waals surface area contributed by atoms with Crippen molar-refractivity contribution < 1.29 is 13.9 Å². The normalized spacial score (nSPS) is 10.4. The van der Waals surface area contributed by atoms with Gasteiger partial charge in [0, 0.05) is 5.56 Å². The second-order valence-electron chi connectivity index (χ2n) is 5.13. The van der Waals surface area contributed by atoms with Gasteiger partial charge < -0.3 is 10.1 Å². The Kier molecular flexibility index (Phi) is 6.04. The highest BCUT2D eigenvalue weighted by Crippen LogP contribution is 2.25. The number of rotatable bonds is 5. The minimum absolute atomic E-state index is 0.176. The maximum atomic E-state index is 14.0. The number of hydrogen-bond donors (Lipinski definition) is 1.